The van der Waals surface area contributed by atoms with Crippen LogP contribution < -0.4 is 4.74 Å². The second-order valence-corrected chi connectivity index (χ2v) is 5.01. The fraction of sp³-hybridized carbons (Fsp3) is 0.357. The van der Waals surface area contributed by atoms with Gasteiger partial charge in [-0.15, -0.1) is 0 Å². The lowest BCUT2D eigenvalue weighted by molar-refractivity contribution is -0.131. The molecule has 1 aliphatic heterocycles. The van der Waals surface area contributed by atoms with Gasteiger partial charge in [-0.2, -0.15) is 0 Å². The van der Waals surface area contributed by atoms with Crippen molar-refractivity contribution >= 4 is 16.9 Å². The van der Waals surface area contributed by atoms with Gasteiger partial charge in [-0.1, -0.05) is 11.2 Å². The van der Waals surface area contributed by atoms with Gasteiger partial charge in [0, 0.05) is 23.8 Å². The predicted molar refractivity (Wildman–Crippen MR) is 74.5 cm³/mol. The summed E-state index contributed by atoms with van der Waals surface area (Å²) in [5, 5.41) is 4.29. The lowest BCUT2D eigenvalue weighted by Crippen LogP contribution is -2.23. The average molecular weight is 288 g/mol. The van der Waals surface area contributed by atoms with Crippen molar-refractivity contribution in [2.75, 3.05) is 0 Å². The number of esters is 1. The van der Waals surface area contributed by atoms with Crippen LogP contribution >= 0.6 is 0 Å². The van der Waals surface area contributed by atoms with Crippen LogP contribution in [0, 0.1) is 5.82 Å². The normalized spacial score (nSPS) is 17.1. The molecule has 108 valence electrons. The van der Waals surface area contributed by atoms with Crippen LogP contribution in [0.4, 0.5) is 4.39 Å². The molecule has 0 bridgehead atoms. The van der Waals surface area contributed by atoms with Crippen LogP contribution in [0.3, 0.4) is 0 Å². The van der Waals surface area contributed by atoms with Crippen molar-refractivity contribution in [1.29, 1.82) is 0 Å². The number of fused-ring (bicyclic) bond motifs is 3. The number of hydrogen-bond acceptors (Lipinski definition) is 3. The smallest absolute Gasteiger partial charge is 0.308 e. The number of carbonyl (C=O) groups excluding carboxylic acids is 1. The maximum Gasteiger partial charge on any atom is 0.308 e. The van der Waals surface area contributed by atoms with E-state index in [0.717, 1.165) is 5.69 Å². The molecule has 1 aromatic carbocycles. The van der Waals surface area contributed by atoms with Gasteiger partial charge < -0.3 is 9.30 Å². The first kappa shape index (κ1) is 13.5. The van der Waals surface area contributed by atoms with Gasteiger partial charge in [0.1, 0.15) is 5.82 Å². The fourth-order valence-electron chi connectivity index (χ4n) is 2.87. The van der Waals surface area contributed by atoms with Crippen LogP contribution in [0.1, 0.15) is 19.0 Å². The predicted octanol–water partition coefficient (Wildman–Crippen LogP) is 3.33. The highest BCUT2D eigenvalue weighted by molar-refractivity contribution is 5.91. The molecule has 6 nitrogen and oxygen atoms in total. The van der Waals surface area contributed by atoms with Crippen LogP contribution in [0.15, 0.2) is 23.3 Å². The zero-order valence-electron chi connectivity index (χ0n) is 11.4. The quantitative estimate of drug-likeness (QED) is 0.367. The molecule has 7 heteroatoms. The van der Waals surface area contributed by atoms with Crippen molar-refractivity contribution in [2.45, 2.75) is 32.4 Å². The maximum atomic E-state index is 14.2. The molecule has 3 rings (SSSR count). The summed E-state index contributed by atoms with van der Waals surface area (Å²) in [5.74, 6) is -0.406. The van der Waals surface area contributed by atoms with Crippen LogP contribution in [-0.2, 0) is 17.8 Å². The molecule has 0 amide bonds. The Hall–Kier alpha value is -2.53. The number of azide groups is 1. The number of rotatable bonds is 2. The first-order chi connectivity index (χ1) is 10.1. The number of aromatic nitrogens is 1. The van der Waals surface area contributed by atoms with Crippen molar-refractivity contribution in [2.24, 2.45) is 5.11 Å². The Kier molecular flexibility index (Phi) is 3.27. The summed E-state index contributed by atoms with van der Waals surface area (Å²) in [7, 11) is 0. The van der Waals surface area contributed by atoms with Gasteiger partial charge in [0.2, 0.25) is 0 Å². The fourth-order valence-corrected chi connectivity index (χ4v) is 2.87. The van der Waals surface area contributed by atoms with E-state index in [1.54, 1.807) is 16.7 Å². The molecule has 0 radical (unpaired) electrons. The standard InChI is InChI=1S/C14H13FN4O2/c1-8(20)21-14-10-3-2-4-11(15)13(10)19-7-9(17-18-16)5-6-12(14)19/h2-4,9H,5-7H2,1H3. The minimum absolute atomic E-state index is 0.220. The van der Waals surface area contributed by atoms with E-state index >= 15 is 0 Å². The van der Waals surface area contributed by atoms with Gasteiger partial charge in [-0.25, -0.2) is 4.39 Å². The molecule has 0 N–H and O–H groups in total. The van der Waals surface area contributed by atoms with E-state index in [2.05, 4.69) is 10.0 Å². The number of benzene rings is 1. The highest BCUT2D eigenvalue weighted by atomic mass is 19.1. The Balaban J connectivity index is 2.23. The molecule has 1 aliphatic rings. The summed E-state index contributed by atoms with van der Waals surface area (Å²) in [4.78, 5) is 14.1. The van der Waals surface area contributed by atoms with Crippen molar-refractivity contribution in [3.8, 4) is 5.75 Å². The number of nitrogens with zero attached hydrogens (tertiary/aromatic N) is 4. The molecular weight excluding hydrogens is 275 g/mol. The van der Waals surface area contributed by atoms with Gasteiger partial charge in [-0.05, 0) is 30.5 Å². The van der Waals surface area contributed by atoms with Crippen molar-refractivity contribution in [1.82, 2.24) is 4.57 Å². The molecule has 0 aliphatic carbocycles. The number of hydrogen-bond donors (Lipinski definition) is 0. The van der Waals surface area contributed by atoms with E-state index in [1.165, 1.54) is 13.0 Å². The number of halogens is 1. The molecule has 2 aromatic rings. The Morgan fingerprint density at radius 1 is 1.57 bits per heavy atom. The van der Waals surface area contributed by atoms with Gasteiger partial charge >= 0.3 is 5.97 Å². The lowest BCUT2D eigenvalue weighted by Gasteiger charge is -2.22. The molecule has 21 heavy (non-hydrogen) atoms. The average Bonchev–Trinajstić information content (AvgIpc) is 2.74. The van der Waals surface area contributed by atoms with Crippen molar-refractivity contribution in [3.63, 3.8) is 0 Å². The molecular formula is C14H13FN4O2. The summed E-state index contributed by atoms with van der Waals surface area (Å²) in [6, 6.07) is 4.46. The summed E-state index contributed by atoms with van der Waals surface area (Å²) in [6.45, 7) is 1.71. The number of ether oxygens (including phenoxy) is 1. The minimum Gasteiger partial charge on any atom is -0.424 e. The van der Waals surface area contributed by atoms with E-state index in [9.17, 15) is 9.18 Å². The van der Waals surface area contributed by atoms with E-state index in [0.29, 0.717) is 36.0 Å². The molecule has 1 unspecified atom stereocenters. The molecule has 0 fully saturated rings. The molecule has 1 atom stereocenters. The molecule has 0 spiro atoms. The third-order valence-electron chi connectivity index (χ3n) is 3.66. The van der Waals surface area contributed by atoms with E-state index in [-0.39, 0.29) is 11.9 Å². The largest absolute Gasteiger partial charge is 0.424 e. The first-order valence-electron chi connectivity index (χ1n) is 6.64. The van der Waals surface area contributed by atoms with Crippen molar-refractivity contribution < 1.29 is 13.9 Å². The van der Waals surface area contributed by atoms with Gasteiger partial charge in [0.15, 0.2) is 5.75 Å². The first-order valence-corrected chi connectivity index (χ1v) is 6.64. The number of carbonyl (C=O) groups is 1. The van der Waals surface area contributed by atoms with Gasteiger partial charge in [0.25, 0.3) is 0 Å². The Bertz CT molecular complexity index is 777. The van der Waals surface area contributed by atoms with Gasteiger partial charge in [-0.3, -0.25) is 4.79 Å². The monoisotopic (exact) mass is 288 g/mol. The Morgan fingerprint density at radius 3 is 3.10 bits per heavy atom. The second-order valence-electron chi connectivity index (χ2n) is 5.01. The maximum absolute atomic E-state index is 14.2. The highest BCUT2D eigenvalue weighted by Crippen LogP contribution is 2.38. The zero-order valence-corrected chi connectivity index (χ0v) is 11.4. The molecule has 0 saturated heterocycles. The SMILES string of the molecule is CC(=O)Oc1c2n(c3c(F)cccc13)CC(N=[N+]=[N-])CC2. The van der Waals surface area contributed by atoms with Crippen LogP contribution in [-0.4, -0.2) is 16.6 Å². The molecule has 2 heterocycles. The lowest BCUT2D eigenvalue weighted by atomic mass is 10.1. The third-order valence-corrected chi connectivity index (χ3v) is 3.66. The Morgan fingerprint density at radius 2 is 2.38 bits per heavy atom. The summed E-state index contributed by atoms with van der Waals surface area (Å²) in [6.07, 6.45) is 1.22. The summed E-state index contributed by atoms with van der Waals surface area (Å²) in [5.41, 5.74) is 9.73. The second kappa shape index (κ2) is 5.10. The zero-order chi connectivity index (χ0) is 15.0. The van der Waals surface area contributed by atoms with E-state index in [1.807, 2.05) is 0 Å². The van der Waals surface area contributed by atoms with Gasteiger partial charge in [0.05, 0.1) is 17.3 Å². The molecule has 1 aromatic heterocycles. The van der Waals surface area contributed by atoms with Crippen LogP contribution in [0.25, 0.3) is 21.3 Å². The summed E-state index contributed by atoms with van der Waals surface area (Å²) >= 11 is 0. The third kappa shape index (κ3) is 2.21. The van der Waals surface area contributed by atoms with E-state index < -0.39 is 5.97 Å². The van der Waals surface area contributed by atoms with Crippen molar-refractivity contribution in [3.05, 3.63) is 40.2 Å². The topological polar surface area (TPSA) is 80.0 Å². The summed E-state index contributed by atoms with van der Waals surface area (Å²) < 4.78 is 21.2. The highest BCUT2D eigenvalue weighted by Gasteiger charge is 2.27. The molecule has 0 saturated carbocycles. The van der Waals surface area contributed by atoms with Crippen LogP contribution in [0.5, 0.6) is 5.75 Å². The van der Waals surface area contributed by atoms with E-state index in [4.69, 9.17) is 10.3 Å². The Labute approximate surface area is 119 Å². The van der Waals surface area contributed by atoms with Crippen LogP contribution in [0.2, 0.25) is 0 Å². The number of para-hydroxylation sites is 1. The minimum atomic E-state index is -0.438.